The van der Waals surface area contributed by atoms with E-state index in [-0.39, 0.29) is 6.04 Å². The van der Waals surface area contributed by atoms with Crippen molar-refractivity contribution in [3.63, 3.8) is 0 Å². The van der Waals surface area contributed by atoms with Gasteiger partial charge in [0.1, 0.15) is 5.69 Å². The lowest BCUT2D eigenvalue weighted by molar-refractivity contribution is 0.399. The predicted octanol–water partition coefficient (Wildman–Crippen LogP) is 0.254. The van der Waals surface area contributed by atoms with Crippen molar-refractivity contribution in [3.8, 4) is 5.75 Å². The first kappa shape index (κ1) is 12.5. The molecule has 96 valence electrons. The van der Waals surface area contributed by atoms with E-state index < -0.39 is 0 Å². The Morgan fingerprint density at radius 1 is 1.44 bits per heavy atom. The normalized spacial score (nSPS) is 12.4. The molecule has 0 bridgehead atoms. The molecule has 2 heterocycles. The summed E-state index contributed by atoms with van der Waals surface area (Å²) in [6.45, 7) is 2.74. The van der Waals surface area contributed by atoms with E-state index >= 15 is 0 Å². The molecule has 3 N–H and O–H groups in total. The van der Waals surface area contributed by atoms with Crippen LogP contribution in [0.2, 0.25) is 0 Å². The van der Waals surface area contributed by atoms with Crippen LogP contribution in [-0.4, -0.2) is 27.1 Å². The number of hydrazine groups is 1. The molecule has 0 aromatic carbocycles. The van der Waals surface area contributed by atoms with Crippen LogP contribution in [0.4, 0.5) is 0 Å². The number of hydrogen-bond acceptors (Lipinski definition) is 6. The maximum absolute atomic E-state index is 5.65. The van der Waals surface area contributed by atoms with Crippen molar-refractivity contribution in [1.82, 2.24) is 25.4 Å². The molecule has 0 saturated heterocycles. The number of aryl methyl sites for hydroxylation is 1. The van der Waals surface area contributed by atoms with Crippen molar-refractivity contribution < 1.29 is 4.74 Å². The Balaban J connectivity index is 2.47. The van der Waals surface area contributed by atoms with Gasteiger partial charge in [-0.25, -0.2) is 5.43 Å². The lowest BCUT2D eigenvalue weighted by Crippen LogP contribution is -2.31. The van der Waals surface area contributed by atoms with Gasteiger partial charge in [0.2, 0.25) is 0 Å². The van der Waals surface area contributed by atoms with Crippen molar-refractivity contribution in [1.29, 1.82) is 0 Å². The number of hydrogen-bond donors (Lipinski definition) is 2. The summed E-state index contributed by atoms with van der Waals surface area (Å²) in [5, 5.41) is 11.9. The van der Waals surface area contributed by atoms with Crippen molar-refractivity contribution >= 4 is 0 Å². The maximum atomic E-state index is 5.65. The molecule has 0 saturated carbocycles. The summed E-state index contributed by atoms with van der Waals surface area (Å²) in [4.78, 5) is 0. The van der Waals surface area contributed by atoms with E-state index in [0.29, 0.717) is 5.75 Å². The highest BCUT2D eigenvalue weighted by molar-refractivity contribution is 5.34. The highest BCUT2D eigenvalue weighted by Crippen LogP contribution is 2.28. The van der Waals surface area contributed by atoms with Crippen molar-refractivity contribution in [3.05, 3.63) is 35.9 Å². The van der Waals surface area contributed by atoms with Gasteiger partial charge in [-0.15, -0.1) is 0 Å². The molecule has 0 aliphatic carbocycles. The van der Waals surface area contributed by atoms with Crippen molar-refractivity contribution in [2.45, 2.75) is 19.5 Å². The number of rotatable bonds is 5. The molecule has 0 spiro atoms. The molecule has 0 aliphatic heterocycles. The van der Waals surface area contributed by atoms with Crippen LogP contribution >= 0.6 is 0 Å². The van der Waals surface area contributed by atoms with Gasteiger partial charge in [-0.05, 0) is 18.6 Å². The van der Waals surface area contributed by atoms with Crippen LogP contribution in [0.3, 0.4) is 0 Å². The van der Waals surface area contributed by atoms with Gasteiger partial charge in [-0.1, -0.05) is 0 Å². The fourth-order valence-electron chi connectivity index (χ4n) is 1.88. The van der Waals surface area contributed by atoms with Gasteiger partial charge in [0.15, 0.2) is 5.75 Å². The lowest BCUT2D eigenvalue weighted by atomic mass is 10.1. The third-order valence-corrected chi connectivity index (χ3v) is 2.74. The Morgan fingerprint density at radius 2 is 2.28 bits per heavy atom. The Bertz CT molecular complexity index is 476. The summed E-state index contributed by atoms with van der Waals surface area (Å²) >= 11 is 0. The van der Waals surface area contributed by atoms with Gasteiger partial charge in [0, 0.05) is 12.7 Å². The topological polar surface area (TPSA) is 90.9 Å². The largest absolute Gasteiger partial charge is 0.493 e. The van der Waals surface area contributed by atoms with Crippen molar-refractivity contribution in [2.75, 3.05) is 7.11 Å². The van der Waals surface area contributed by atoms with E-state index in [0.717, 1.165) is 17.8 Å². The summed E-state index contributed by atoms with van der Waals surface area (Å²) in [5.41, 5.74) is 4.54. The first-order valence-corrected chi connectivity index (χ1v) is 5.64. The van der Waals surface area contributed by atoms with Gasteiger partial charge >= 0.3 is 0 Å². The molecule has 0 aliphatic rings. The van der Waals surface area contributed by atoms with Crippen LogP contribution in [-0.2, 0) is 6.54 Å². The molecule has 2 aromatic rings. The lowest BCUT2D eigenvalue weighted by Gasteiger charge is -2.18. The average molecular weight is 248 g/mol. The quantitative estimate of drug-likeness (QED) is 0.582. The molecule has 2 rings (SSSR count). The molecular formula is C11H16N6O. The van der Waals surface area contributed by atoms with E-state index in [1.54, 1.807) is 25.7 Å². The summed E-state index contributed by atoms with van der Waals surface area (Å²) in [5.74, 6) is 6.34. The fraction of sp³-hybridized carbons (Fsp3) is 0.364. The second-order valence-electron chi connectivity index (χ2n) is 3.69. The summed E-state index contributed by atoms with van der Waals surface area (Å²) in [6, 6.07) is 1.61. The first-order valence-electron chi connectivity index (χ1n) is 5.64. The van der Waals surface area contributed by atoms with E-state index in [9.17, 15) is 0 Å². The SMILES string of the molecule is CCn1ncc(OC)c1C(NN)c1ccnnc1. The van der Waals surface area contributed by atoms with Crippen LogP contribution in [0, 0.1) is 0 Å². The molecule has 18 heavy (non-hydrogen) atoms. The fourth-order valence-corrected chi connectivity index (χ4v) is 1.88. The van der Waals surface area contributed by atoms with Crippen LogP contribution < -0.4 is 16.0 Å². The van der Waals surface area contributed by atoms with Gasteiger partial charge in [0.05, 0.1) is 25.5 Å². The van der Waals surface area contributed by atoms with E-state index in [1.165, 1.54) is 0 Å². The van der Waals surface area contributed by atoms with Gasteiger partial charge in [0.25, 0.3) is 0 Å². The molecule has 0 radical (unpaired) electrons. The van der Waals surface area contributed by atoms with Gasteiger partial charge < -0.3 is 4.74 Å². The van der Waals surface area contributed by atoms with E-state index in [4.69, 9.17) is 10.6 Å². The van der Waals surface area contributed by atoms with Gasteiger partial charge in [-0.3, -0.25) is 10.5 Å². The molecule has 7 nitrogen and oxygen atoms in total. The minimum atomic E-state index is -0.238. The second kappa shape index (κ2) is 5.56. The number of ether oxygens (including phenoxy) is 1. The third kappa shape index (κ3) is 2.18. The average Bonchev–Trinajstić information content (AvgIpc) is 2.84. The van der Waals surface area contributed by atoms with Crippen LogP contribution in [0.1, 0.15) is 24.2 Å². The number of nitrogens with zero attached hydrogens (tertiary/aromatic N) is 4. The van der Waals surface area contributed by atoms with E-state index in [1.807, 2.05) is 17.7 Å². The third-order valence-electron chi connectivity index (χ3n) is 2.74. The molecule has 7 heteroatoms. The van der Waals surface area contributed by atoms with Crippen LogP contribution in [0.15, 0.2) is 24.7 Å². The molecule has 2 aromatic heterocycles. The summed E-state index contributed by atoms with van der Waals surface area (Å²) < 4.78 is 7.15. The zero-order valence-corrected chi connectivity index (χ0v) is 10.4. The van der Waals surface area contributed by atoms with Crippen LogP contribution in [0.25, 0.3) is 0 Å². The minimum absolute atomic E-state index is 0.238. The molecular weight excluding hydrogens is 232 g/mol. The number of nitrogens with one attached hydrogen (secondary N) is 1. The molecule has 0 fully saturated rings. The van der Waals surface area contributed by atoms with Crippen LogP contribution in [0.5, 0.6) is 5.75 Å². The zero-order valence-electron chi connectivity index (χ0n) is 10.4. The Hall–Kier alpha value is -1.99. The predicted molar refractivity (Wildman–Crippen MR) is 65.7 cm³/mol. The van der Waals surface area contributed by atoms with Crippen molar-refractivity contribution in [2.24, 2.45) is 5.84 Å². The number of methoxy groups -OCH3 is 1. The minimum Gasteiger partial charge on any atom is -0.493 e. The van der Waals surface area contributed by atoms with E-state index in [2.05, 4.69) is 20.7 Å². The highest BCUT2D eigenvalue weighted by atomic mass is 16.5. The molecule has 0 amide bonds. The molecule has 1 unspecified atom stereocenters. The Labute approximate surface area is 105 Å². The standard InChI is InChI=1S/C11H16N6O/c1-3-17-11(9(18-2)7-15-17)10(16-12)8-4-5-13-14-6-8/h4-7,10,16H,3,12H2,1-2H3. The second-order valence-corrected chi connectivity index (χ2v) is 3.69. The monoisotopic (exact) mass is 248 g/mol. The zero-order chi connectivity index (χ0) is 13.0. The summed E-state index contributed by atoms with van der Waals surface area (Å²) in [7, 11) is 1.61. The Kier molecular flexibility index (Phi) is 3.85. The number of nitrogens with two attached hydrogens (primary N) is 1. The molecule has 1 atom stereocenters. The highest BCUT2D eigenvalue weighted by Gasteiger charge is 2.22. The smallest absolute Gasteiger partial charge is 0.161 e. The Morgan fingerprint density at radius 3 is 2.83 bits per heavy atom. The summed E-state index contributed by atoms with van der Waals surface area (Å²) in [6.07, 6.45) is 4.97. The number of aromatic nitrogens is 4. The van der Waals surface area contributed by atoms with Gasteiger partial charge in [-0.2, -0.15) is 15.3 Å². The first-order chi connectivity index (χ1) is 8.81. The maximum Gasteiger partial charge on any atom is 0.161 e.